The highest BCUT2D eigenvalue weighted by atomic mass is 19.4. The van der Waals surface area contributed by atoms with Crippen LogP contribution in [0.15, 0.2) is 60.7 Å². The van der Waals surface area contributed by atoms with Crippen LogP contribution in [0.5, 0.6) is 5.75 Å². The molecule has 0 radical (unpaired) electrons. The molecule has 10 heteroatoms. The van der Waals surface area contributed by atoms with Gasteiger partial charge in [0.25, 0.3) is 5.91 Å². The molecule has 0 atom stereocenters. The van der Waals surface area contributed by atoms with E-state index in [1.54, 1.807) is 0 Å². The number of fused-ring (bicyclic) bond motifs is 1. The molecule has 1 aromatic heterocycles. The van der Waals surface area contributed by atoms with Crippen molar-refractivity contribution in [2.24, 2.45) is 0 Å². The van der Waals surface area contributed by atoms with Gasteiger partial charge in [-0.05, 0) is 48.5 Å². The van der Waals surface area contributed by atoms with E-state index in [0.29, 0.717) is 5.75 Å². The summed E-state index contributed by atoms with van der Waals surface area (Å²) >= 11 is 0. The number of hydrogen-bond acceptors (Lipinski definition) is 3. The second kappa shape index (κ2) is 7.95. The number of rotatable bonds is 4. The van der Waals surface area contributed by atoms with Crippen molar-refractivity contribution in [3.05, 3.63) is 83.7 Å². The van der Waals surface area contributed by atoms with Crippen LogP contribution in [-0.4, -0.2) is 22.6 Å². The van der Waals surface area contributed by atoms with E-state index in [2.05, 4.69) is 10.3 Å². The van der Waals surface area contributed by atoms with Gasteiger partial charge >= 0.3 is 6.18 Å². The number of hydrogen-bond donors (Lipinski definition) is 1. The summed E-state index contributed by atoms with van der Waals surface area (Å²) in [6, 6.07) is 12.9. The Morgan fingerprint density at radius 3 is 2.41 bits per heavy atom. The summed E-state index contributed by atoms with van der Waals surface area (Å²) in [4.78, 5) is 15.9. The summed E-state index contributed by atoms with van der Waals surface area (Å²) in [5.41, 5.74) is 0.106. The minimum absolute atomic E-state index is 0.122. The predicted molar refractivity (Wildman–Crippen MR) is 107 cm³/mol. The van der Waals surface area contributed by atoms with E-state index in [9.17, 15) is 26.7 Å². The molecule has 0 aliphatic heterocycles. The third-order valence-electron chi connectivity index (χ3n) is 4.69. The van der Waals surface area contributed by atoms with Crippen LogP contribution in [0.3, 0.4) is 0 Å². The third-order valence-corrected chi connectivity index (χ3v) is 4.69. The monoisotopic (exact) mass is 447 g/mol. The molecule has 1 amide bonds. The van der Waals surface area contributed by atoms with E-state index >= 15 is 0 Å². The van der Waals surface area contributed by atoms with Crippen molar-refractivity contribution in [1.82, 2.24) is 9.55 Å². The van der Waals surface area contributed by atoms with Gasteiger partial charge in [-0.1, -0.05) is 6.07 Å². The highest BCUT2D eigenvalue weighted by molar-refractivity contribution is 6.04. The fraction of sp³-hybridized carbons (Fsp3) is 0.0909. The zero-order chi connectivity index (χ0) is 23.0. The van der Waals surface area contributed by atoms with E-state index in [1.165, 1.54) is 55.6 Å². The van der Waals surface area contributed by atoms with Crippen LogP contribution >= 0.6 is 0 Å². The third kappa shape index (κ3) is 3.86. The Hall–Kier alpha value is -3.95. The molecule has 0 saturated carbocycles. The second-order valence-electron chi connectivity index (χ2n) is 6.73. The molecule has 4 rings (SSSR count). The van der Waals surface area contributed by atoms with Crippen LogP contribution in [0, 0.1) is 11.6 Å². The molecule has 0 spiro atoms. The van der Waals surface area contributed by atoms with Crippen LogP contribution < -0.4 is 10.1 Å². The van der Waals surface area contributed by atoms with Gasteiger partial charge in [-0.25, -0.2) is 13.8 Å². The van der Waals surface area contributed by atoms with Crippen molar-refractivity contribution < 1.29 is 31.5 Å². The van der Waals surface area contributed by atoms with Gasteiger partial charge in [0, 0.05) is 17.4 Å². The number of carbonyl (C=O) groups excluding carboxylic acids is 1. The maximum absolute atomic E-state index is 13.8. The van der Waals surface area contributed by atoms with Crippen molar-refractivity contribution in [3.63, 3.8) is 0 Å². The van der Waals surface area contributed by atoms with E-state index in [-0.39, 0.29) is 22.4 Å². The van der Waals surface area contributed by atoms with E-state index < -0.39 is 35.1 Å². The molecule has 1 N–H and O–H groups in total. The van der Waals surface area contributed by atoms with Crippen molar-refractivity contribution in [2.75, 3.05) is 12.4 Å². The normalized spacial score (nSPS) is 11.6. The fourth-order valence-electron chi connectivity index (χ4n) is 3.21. The first-order valence-electron chi connectivity index (χ1n) is 9.18. The molecule has 5 nitrogen and oxygen atoms in total. The van der Waals surface area contributed by atoms with Crippen molar-refractivity contribution >= 4 is 22.6 Å². The van der Waals surface area contributed by atoms with Gasteiger partial charge in [0.2, 0.25) is 5.82 Å². The molecule has 0 unspecified atom stereocenters. The molecule has 0 saturated heterocycles. The molecule has 0 fully saturated rings. The molecule has 164 valence electrons. The number of ether oxygens (including phenoxy) is 1. The Kier molecular flexibility index (Phi) is 5.29. The first-order chi connectivity index (χ1) is 15.2. The van der Waals surface area contributed by atoms with E-state index in [4.69, 9.17) is 4.74 Å². The molecule has 1 heterocycles. The lowest BCUT2D eigenvalue weighted by atomic mass is 10.2. The topological polar surface area (TPSA) is 56.1 Å². The van der Waals surface area contributed by atoms with Gasteiger partial charge in [0.05, 0.1) is 23.7 Å². The SMILES string of the molecule is COc1ccc2nc(C(F)(F)F)n(-c3ccc(NC(=O)c4cccc(F)c4F)cc3)c2c1. The zero-order valence-corrected chi connectivity index (χ0v) is 16.4. The number of halogens is 5. The maximum Gasteiger partial charge on any atom is 0.450 e. The number of carbonyl (C=O) groups is 1. The van der Waals surface area contributed by atoms with Crippen molar-refractivity contribution in [2.45, 2.75) is 6.18 Å². The second-order valence-corrected chi connectivity index (χ2v) is 6.73. The fourth-order valence-corrected chi connectivity index (χ4v) is 3.21. The molecule has 32 heavy (non-hydrogen) atoms. The highest BCUT2D eigenvalue weighted by Crippen LogP contribution is 2.35. The summed E-state index contributed by atoms with van der Waals surface area (Å²) in [5, 5.41) is 2.39. The van der Waals surface area contributed by atoms with Crippen LogP contribution in [0.2, 0.25) is 0 Å². The Morgan fingerprint density at radius 1 is 1.03 bits per heavy atom. The van der Waals surface area contributed by atoms with E-state index in [1.807, 2.05) is 0 Å². The number of methoxy groups -OCH3 is 1. The van der Waals surface area contributed by atoms with Crippen LogP contribution in [0.1, 0.15) is 16.2 Å². The Morgan fingerprint density at radius 2 is 1.75 bits per heavy atom. The number of nitrogens with zero attached hydrogens (tertiary/aromatic N) is 2. The molecule has 4 aromatic rings. The lowest BCUT2D eigenvalue weighted by molar-refractivity contribution is -0.145. The first kappa shape index (κ1) is 21.3. The number of amides is 1. The van der Waals surface area contributed by atoms with Crippen LogP contribution in [-0.2, 0) is 6.18 Å². The lowest BCUT2D eigenvalue weighted by Crippen LogP contribution is -2.15. The Labute approximate surface area is 178 Å². The van der Waals surface area contributed by atoms with Crippen molar-refractivity contribution in [3.8, 4) is 11.4 Å². The maximum atomic E-state index is 13.8. The first-order valence-corrected chi connectivity index (χ1v) is 9.18. The summed E-state index contributed by atoms with van der Waals surface area (Å²) in [6.45, 7) is 0. The quantitative estimate of drug-likeness (QED) is 0.416. The summed E-state index contributed by atoms with van der Waals surface area (Å²) in [7, 11) is 1.39. The van der Waals surface area contributed by atoms with Gasteiger partial charge in [-0.15, -0.1) is 0 Å². The average Bonchev–Trinajstić information content (AvgIpc) is 3.15. The smallest absolute Gasteiger partial charge is 0.450 e. The molecule has 0 aliphatic rings. The lowest BCUT2D eigenvalue weighted by Gasteiger charge is -2.13. The minimum Gasteiger partial charge on any atom is -0.497 e. The average molecular weight is 447 g/mol. The molecule has 0 aliphatic carbocycles. The van der Waals surface area contributed by atoms with Crippen molar-refractivity contribution in [1.29, 1.82) is 0 Å². The van der Waals surface area contributed by atoms with Gasteiger partial charge in [-0.3, -0.25) is 9.36 Å². The molecular formula is C22H14F5N3O2. The molecular weight excluding hydrogens is 433 g/mol. The predicted octanol–water partition coefficient (Wildman–Crippen LogP) is 5.58. The van der Waals surface area contributed by atoms with Gasteiger partial charge < -0.3 is 10.1 Å². The molecule has 0 bridgehead atoms. The van der Waals surface area contributed by atoms with Gasteiger partial charge in [-0.2, -0.15) is 13.2 Å². The largest absolute Gasteiger partial charge is 0.497 e. The van der Waals surface area contributed by atoms with Gasteiger partial charge in [0.15, 0.2) is 11.6 Å². The zero-order valence-electron chi connectivity index (χ0n) is 16.4. The summed E-state index contributed by atoms with van der Waals surface area (Å²) in [5.74, 6) is -4.14. The highest BCUT2D eigenvalue weighted by Gasteiger charge is 2.38. The number of imidazole rings is 1. The summed E-state index contributed by atoms with van der Waals surface area (Å²) in [6.07, 6.45) is -4.73. The number of aromatic nitrogens is 2. The number of nitrogens with one attached hydrogen (secondary N) is 1. The number of benzene rings is 3. The number of alkyl halides is 3. The summed E-state index contributed by atoms with van der Waals surface area (Å²) < 4.78 is 74.1. The molecule has 3 aromatic carbocycles. The standard InChI is InChI=1S/C22H14F5N3O2/c1-32-14-9-10-17-18(11-14)30(21(29-17)22(25,26)27)13-7-5-12(6-8-13)28-20(31)15-3-2-4-16(23)19(15)24/h2-11H,1H3,(H,28,31). The number of anilines is 1. The van der Waals surface area contributed by atoms with Crippen LogP contribution in [0.4, 0.5) is 27.6 Å². The van der Waals surface area contributed by atoms with Crippen LogP contribution in [0.25, 0.3) is 16.7 Å². The Balaban J connectivity index is 1.71. The van der Waals surface area contributed by atoms with E-state index in [0.717, 1.165) is 16.7 Å². The Bertz CT molecular complexity index is 1310. The van der Waals surface area contributed by atoms with Gasteiger partial charge in [0.1, 0.15) is 5.75 Å². The minimum atomic E-state index is -4.73.